The van der Waals surface area contributed by atoms with E-state index in [1.165, 1.54) is 0 Å². The zero-order valence-corrected chi connectivity index (χ0v) is 21.0. The van der Waals surface area contributed by atoms with Gasteiger partial charge in [-0.15, -0.1) is 0 Å². The SMILES string of the molecule is COc1ccc(C2C(C(=O)O)C(c3ccc4c(c3)OCO4)CN2C(C(N)=O)c2c(C)cccc2C)cc1. The van der Waals surface area contributed by atoms with E-state index in [9.17, 15) is 14.7 Å². The molecular weight excluding hydrogens is 472 g/mol. The largest absolute Gasteiger partial charge is 0.497 e. The Morgan fingerprint density at radius 2 is 1.65 bits per heavy atom. The number of nitrogens with two attached hydrogens (primary N) is 1. The molecule has 1 fully saturated rings. The number of fused-ring (bicyclic) bond motifs is 1. The lowest BCUT2D eigenvalue weighted by Gasteiger charge is -2.34. The summed E-state index contributed by atoms with van der Waals surface area (Å²) in [6, 6.07) is 17.2. The maximum Gasteiger partial charge on any atom is 0.309 e. The standard InChI is InChI=1S/C29H30N2O6/c1-16-5-4-6-17(2)24(16)27(28(30)32)31-14-21(19-9-12-22-23(13-19)37-15-36-22)25(29(33)34)26(31)18-7-10-20(35-3)11-8-18/h4-13,21,25-27H,14-15H2,1-3H3,(H2,30,32)(H,33,34). The molecule has 4 atom stereocenters. The van der Waals surface area contributed by atoms with Gasteiger partial charge in [0.25, 0.3) is 0 Å². The number of rotatable bonds is 7. The van der Waals surface area contributed by atoms with Crippen molar-refractivity contribution in [2.75, 3.05) is 20.4 Å². The van der Waals surface area contributed by atoms with Gasteiger partial charge in [0.2, 0.25) is 12.7 Å². The number of carbonyl (C=O) groups is 2. The third kappa shape index (κ3) is 4.38. The van der Waals surface area contributed by atoms with Crippen molar-refractivity contribution in [2.45, 2.75) is 31.8 Å². The van der Waals surface area contributed by atoms with Gasteiger partial charge in [0, 0.05) is 18.5 Å². The van der Waals surface area contributed by atoms with E-state index in [2.05, 4.69) is 0 Å². The van der Waals surface area contributed by atoms with Gasteiger partial charge in [-0.25, -0.2) is 0 Å². The van der Waals surface area contributed by atoms with Crippen LogP contribution in [0.5, 0.6) is 17.2 Å². The van der Waals surface area contributed by atoms with Crippen LogP contribution < -0.4 is 19.9 Å². The Morgan fingerprint density at radius 1 is 1.00 bits per heavy atom. The maximum atomic E-state index is 13.1. The van der Waals surface area contributed by atoms with Crippen molar-refractivity contribution in [2.24, 2.45) is 11.7 Å². The van der Waals surface area contributed by atoms with Gasteiger partial charge in [-0.1, -0.05) is 36.4 Å². The zero-order valence-electron chi connectivity index (χ0n) is 21.0. The minimum Gasteiger partial charge on any atom is -0.497 e. The van der Waals surface area contributed by atoms with Gasteiger partial charge in [0.15, 0.2) is 11.5 Å². The molecule has 3 N–H and O–H groups in total. The minimum absolute atomic E-state index is 0.128. The van der Waals surface area contributed by atoms with E-state index in [-0.39, 0.29) is 6.79 Å². The molecule has 8 nitrogen and oxygen atoms in total. The Balaban J connectivity index is 1.67. The Morgan fingerprint density at radius 3 is 2.27 bits per heavy atom. The molecule has 3 aromatic rings. The summed E-state index contributed by atoms with van der Waals surface area (Å²) in [5, 5.41) is 10.6. The van der Waals surface area contributed by atoms with Gasteiger partial charge >= 0.3 is 5.97 Å². The van der Waals surface area contributed by atoms with Crippen LogP contribution >= 0.6 is 0 Å². The molecule has 2 aliphatic heterocycles. The number of aryl methyl sites for hydroxylation is 2. The molecule has 0 spiro atoms. The second kappa shape index (κ2) is 9.78. The predicted molar refractivity (Wildman–Crippen MR) is 137 cm³/mol. The number of benzene rings is 3. The molecule has 1 amide bonds. The van der Waals surface area contributed by atoms with Crippen molar-refractivity contribution in [3.63, 3.8) is 0 Å². The van der Waals surface area contributed by atoms with Crippen molar-refractivity contribution in [1.82, 2.24) is 4.90 Å². The summed E-state index contributed by atoms with van der Waals surface area (Å²) < 4.78 is 16.4. The Labute approximate surface area is 215 Å². The highest BCUT2D eigenvalue weighted by molar-refractivity contribution is 5.83. The average molecular weight is 503 g/mol. The summed E-state index contributed by atoms with van der Waals surface area (Å²) in [6.45, 7) is 4.33. The Bertz CT molecular complexity index is 1320. The molecule has 37 heavy (non-hydrogen) atoms. The van der Waals surface area contributed by atoms with E-state index in [1.54, 1.807) is 25.3 Å². The van der Waals surface area contributed by atoms with Crippen LogP contribution in [0.25, 0.3) is 0 Å². The predicted octanol–water partition coefficient (Wildman–Crippen LogP) is 4.11. The van der Waals surface area contributed by atoms with Crippen LogP contribution in [-0.2, 0) is 9.59 Å². The van der Waals surface area contributed by atoms with E-state index < -0.39 is 35.8 Å². The van der Waals surface area contributed by atoms with Crippen molar-refractivity contribution in [3.05, 3.63) is 88.5 Å². The number of hydrogen-bond donors (Lipinski definition) is 2. The molecular formula is C29H30N2O6. The van der Waals surface area contributed by atoms with E-state index in [1.807, 2.05) is 61.2 Å². The fraction of sp³-hybridized carbons (Fsp3) is 0.310. The number of ether oxygens (including phenoxy) is 3. The Kier molecular flexibility index (Phi) is 6.52. The van der Waals surface area contributed by atoms with E-state index in [4.69, 9.17) is 19.9 Å². The highest BCUT2D eigenvalue weighted by atomic mass is 16.7. The number of aliphatic carboxylic acids is 1. The second-order valence-electron chi connectivity index (χ2n) is 9.61. The second-order valence-corrected chi connectivity index (χ2v) is 9.61. The molecule has 3 aromatic carbocycles. The molecule has 4 unspecified atom stereocenters. The monoisotopic (exact) mass is 502 g/mol. The van der Waals surface area contributed by atoms with Crippen LogP contribution in [-0.4, -0.2) is 42.3 Å². The summed E-state index contributed by atoms with van der Waals surface area (Å²) in [5.74, 6) is -0.869. The average Bonchev–Trinajstić information content (AvgIpc) is 3.50. The summed E-state index contributed by atoms with van der Waals surface area (Å²) in [6.07, 6.45) is 0. The fourth-order valence-corrected chi connectivity index (χ4v) is 5.84. The smallest absolute Gasteiger partial charge is 0.309 e. The van der Waals surface area contributed by atoms with Crippen molar-refractivity contribution in [1.29, 1.82) is 0 Å². The van der Waals surface area contributed by atoms with Crippen molar-refractivity contribution >= 4 is 11.9 Å². The van der Waals surface area contributed by atoms with Crippen LogP contribution in [0.15, 0.2) is 60.7 Å². The summed E-state index contributed by atoms with van der Waals surface area (Å²) in [4.78, 5) is 28.0. The molecule has 0 radical (unpaired) electrons. The van der Waals surface area contributed by atoms with Gasteiger partial charge in [-0.2, -0.15) is 0 Å². The highest BCUT2D eigenvalue weighted by Gasteiger charge is 2.51. The maximum absolute atomic E-state index is 13.1. The third-order valence-electron chi connectivity index (χ3n) is 7.52. The number of likely N-dealkylation sites (tertiary alicyclic amines) is 1. The number of carbonyl (C=O) groups excluding carboxylic acids is 1. The summed E-state index contributed by atoms with van der Waals surface area (Å²) in [7, 11) is 1.58. The molecule has 2 aliphatic rings. The number of amides is 1. The first-order valence-electron chi connectivity index (χ1n) is 12.2. The van der Waals surface area contributed by atoms with Crippen LogP contribution in [0, 0.1) is 19.8 Å². The van der Waals surface area contributed by atoms with Gasteiger partial charge in [-0.05, 0) is 65.9 Å². The van der Waals surface area contributed by atoms with Gasteiger partial charge < -0.3 is 25.1 Å². The Hall–Kier alpha value is -4.04. The molecule has 192 valence electrons. The third-order valence-corrected chi connectivity index (χ3v) is 7.52. The van der Waals surface area contributed by atoms with Crippen LogP contribution in [0.1, 0.15) is 45.8 Å². The van der Waals surface area contributed by atoms with Gasteiger partial charge in [0.05, 0.1) is 13.0 Å². The van der Waals surface area contributed by atoms with E-state index in [0.29, 0.717) is 23.8 Å². The quantitative estimate of drug-likeness (QED) is 0.500. The molecule has 8 heteroatoms. The summed E-state index contributed by atoms with van der Waals surface area (Å²) >= 11 is 0. The van der Waals surface area contributed by atoms with Crippen molar-refractivity contribution < 1.29 is 28.9 Å². The lowest BCUT2D eigenvalue weighted by Crippen LogP contribution is -2.39. The molecule has 1 saturated heterocycles. The topological polar surface area (TPSA) is 111 Å². The number of nitrogens with zero attached hydrogens (tertiary/aromatic N) is 1. The van der Waals surface area contributed by atoms with Crippen LogP contribution in [0.3, 0.4) is 0 Å². The number of carboxylic acid groups (broad SMARTS) is 1. The van der Waals surface area contributed by atoms with Gasteiger partial charge in [0.1, 0.15) is 11.8 Å². The lowest BCUT2D eigenvalue weighted by atomic mass is 9.82. The molecule has 0 saturated carbocycles. The van der Waals surface area contributed by atoms with Crippen molar-refractivity contribution in [3.8, 4) is 17.2 Å². The highest BCUT2D eigenvalue weighted by Crippen LogP contribution is 2.51. The van der Waals surface area contributed by atoms with Gasteiger partial charge in [-0.3, -0.25) is 14.5 Å². The summed E-state index contributed by atoms with van der Waals surface area (Å²) in [5.41, 5.74) is 10.3. The first-order chi connectivity index (χ1) is 17.8. The van der Waals surface area contributed by atoms with Crippen LogP contribution in [0.2, 0.25) is 0 Å². The molecule has 5 rings (SSSR count). The first-order valence-corrected chi connectivity index (χ1v) is 12.2. The number of primary amides is 1. The normalized spacial score (nSPS) is 21.5. The minimum atomic E-state index is -0.948. The van der Waals surface area contributed by atoms with Crippen LogP contribution in [0.4, 0.5) is 0 Å². The number of hydrogen-bond acceptors (Lipinski definition) is 6. The molecule has 0 aromatic heterocycles. The zero-order chi connectivity index (χ0) is 26.3. The molecule has 0 bridgehead atoms. The molecule has 0 aliphatic carbocycles. The van der Waals surface area contributed by atoms with E-state index in [0.717, 1.165) is 27.8 Å². The fourth-order valence-electron chi connectivity index (χ4n) is 5.84. The lowest BCUT2D eigenvalue weighted by molar-refractivity contribution is -0.143. The first kappa shape index (κ1) is 24.6. The molecule has 2 heterocycles. The number of methoxy groups -OCH3 is 1. The number of carboxylic acids is 1. The van der Waals surface area contributed by atoms with E-state index >= 15 is 0 Å².